The van der Waals surface area contributed by atoms with Crippen LogP contribution in [0.15, 0.2) is 36.4 Å². The topological polar surface area (TPSA) is 211 Å². The lowest BCUT2D eigenvalue weighted by atomic mass is 9.94. The van der Waals surface area contributed by atoms with Crippen molar-refractivity contribution in [2.45, 2.75) is 89.3 Å². The lowest BCUT2D eigenvalue weighted by molar-refractivity contribution is -0.143. The number of aromatic hydroxyl groups is 2. The molecule has 1 heterocycles. The third kappa shape index (κ3) is 10.4. The van der Waals surface area contributed by atoms with Gasteiger partial charge in [-0.15, -0.1) is 0 Å². The summed E-state index contributed by atoms with van der Waals surface area (Å²) in [4.78, 5) is 66.5. The molecule has 0 saturated carbocycles. The fourth-order valence-electron chi connectivity index (χ4n) is 5.64. The summed E-state index contributed by atoms with van der Waals surface area (Å²) >= 11 is 0. The van der Waals surface area contributed by atoms with Crippen molar-refractivity contribution in [2.24, 2.45) is 5.73 Å². The molecule has 1 aliphatic rings. The Bertz CT molecular complexity index is 1430. The van der Waals surface area contributed by atoms with Crippen LogP contribution in [0, 0.1) is 0 Å². The number of aliphatic carboxylic acids is 1. The summed E-state index contributed by atoms with van der Waals surface area (Å²) in [6.45, 7) is 1.94. The second kappa shape index (κ2) is 17.9. The van der Waals surface area contributed by atoms with Gasteiger partial charge in [0.25, 0.3) is 0 Å². The van der Waals surface area contributed by atoms with Gasteiger partial charge in [-0.05, 0) is 67.6 Å². The number of hydrogen-bond acceptors (Lipinski definition) is 8. The van der Waals surface area contributed by atoms with Gasteiger partial charge in [-0.25, -0.2) is 4.79 Å². The SMILES string of the molecule is CCCCCCCC(=O)NC(CCCCN)C(=O)N(C)C1C(=O)NCC(=O)NC(C(=O)O)Cc2ccc(O)c(c2)-c2cc1ccc2O. The monoisotopic (exact) mass is 653 g/mol. The van der Waals surface area contributed by atoms with E-state index in [1.807, 2.05) is 0 Å². The summed E-state index contributed by atoms with van der Waals surface area (Å²) in [5, 5.41) is 39.0. The minimum atomic E-state index is -1.34. The van der Waals surface area contributed by atoms with Gasteiger partial charge in [0, 0.05) is 31.0 Å². The highest BCUT2D eigenvalue weighted by Gasteiger charge is 2.34. The molecule has 1 aliphatic heterocycles. The van der Waals surface area contributed by atoms with Gasteiger partial charge in [0.1, 0.15) is 29.6 Å². The number of amides is 4. The second-order valence-electron chi connectivity index (χ2n) is 11.9. The number of phenolic OH excluding ortho intramolecular Hbond substituents is 2. The first-order valence-electron chi connectivity index (χ1n) is 16.2. The number of nitrogens with zero attached hydrogens (tertiary/aromatic N) is 1. The Hall–Kier alpha value is -4.65. The van der Waals surface area contributed by atoms with Crippen molar-refractivity contribution in [1.29, 1.82) is 0 Å². The van der Waals surface area contributed by atoms with Crippen LogP contribution in [0.25, 0.3) is 11.1 Å². The van der Waals surface area contributed by atoms with Crippen LogP contribution in [-0.4, -0.2) is 82.0 Å². The maximum atomic E-state index is 14.0. The minimum Gasteiger partial charge on any atom is -0.507 e. The first-order chi connectivity index (χ1) is 22.5. The number of nitrogens with two attached hydrogens (primary N) is 1. The van der Waals surface area contributed by atoms with E-state index in [4.69, 9.17) is 5.73 Å². The van der Waals surface area contributed by atoms with Crippen LogP contribution in [0.4, 0.5) is 0 Å². The Morgan fingerprint density at radius 3 is 2.34 bits per heavy atom. The fourth-order valence-corrected chi connectivity index (χ4v) is 5.64. The summed E-state index contributed by atoms with van der Waals surface area (Å²) in [5.41, 5.74) is 6.70. The smallest absolute Gasteiger partial charge is 0.326 e. The molecule has 0 aliphatic carbocycles. The summed E-state index contributed by atoms with van der Waals surface area (Å²) in [6.07, 6.45) is 6.37. The maximum absolute atomic E-state index is 14.0. The Kier molecular flexibility index (Phi) is 14.0. The quantitative estimate of drug-likeness (QED) is 0.149. The van der Waals surface area contributed by atoms with Crippen molar-refractivity contribution in [3.63, 3.8) is 0 Å². The molecule has 3 rings (SSSR count). The summed E-state index contributed by atoms with van der Waals surface area (Å²) in [6, 6.07) is 4.97. The Morgan fingerprint density at radius 1 is 0.979 bits per heavy atom. The zero-order valence-electron chi connectivity index (χ0n) is 27.1. The van der Waals surface area contributed by atoms with Crippen LogP contribution < -0.4 is 21.7 Å². The maximum Gasteiger partial charge on any atom is 0.326 e. The van der Waals surface area contributed by atoms with E-state index in [0.29, 0.717) is 31.4 Å². The van der Waals surface area contributed by atoms with Crippen molar-refractivity contribution in [1.82, 2.24) is 20.9 Å². The van der Waals surface area contributed by atoms with E-state index in [1.54, 1.807) is 0 Å². The number of nitrogens with one attached hydrogen (secondary N) is 3. The predicted octanol–water partition coefficient (Wildman–Crippen LogP) is 2.48. The molecule has 0 aromatic heterocycles. The van der Waals surface area contributed by atoms with E-state index in [1.165, 1.54) is 48.3 Å². The van der Waals surface area contributed by atoms with E-state index in [9.17, 15) is 39.3 Å². The molecule has 0 radical (unpaired) electrons. The van der Waals surface area contributed by atoms with Gasteiger partial charge in [-0.3, -0.25) is 19.2 Å². The van der Waals surface area contributed by atoms with Crippen LogP contribution in [0.2, 0.25) is 0 Å². The number of benzene rings is 2. The van der Waals surface area contributed by atoms with Gasteiger partial charge in [-0.2, -0.15) is 0 Å². The molecule has 0 saturated heterocycles. The van der Waals surface area contributed by atoms with Gasteiger partial charge in [0.15, 0.2) is 0 Å². The number of carbonyl (C=O) groups excluding carboxylic acids is 4. The van der Waals surface area contributed by atoms with Crippen LogP contribution in [0.5, 0.6) is 11.5 Å². The van der Waals surface area contributed by atoms with Gasteiger partial charge in [0.2, 0.25) is 23.6 Å². The van der Waals surface area contributed by atoms with Crippen LogP contribution in [0.3, 0.4) is 0 Å². The predicted molar refractivity (Wildman–Crippen MR) is 175 cm³/mol. The van der Waals surface area contributed by atoms with E-state index in [2.05, 4.69) is 22.9 Å². The number of phenols is 2. The highest BCUT2D eigenvalue weighted by Crippen LogP contribution is 2.38. The van der Waals surface area contributed by atoms with Gasteiger partial charge < -0.3 is 41.9 Å². The number of likely N-dealkylation sites (N-methyl/N-ethyl adjacent to an activating group) is 1. The minimum absolute atomic E-state index is 0.126. The highest BCUT2D eigenvalue weighted by atomic mass is 16.4. The molecule has 13 heteroatoms. The number of unbranched alkanes of at least 4 members (excludes halogenated alkanes) is 5. The summed E-state index contributed by atoms with van der Waals surface area (Å²) < 4.78 is 0. The molecule has 13 nitrogen and oxygen atoms in total. The molecule has 0 fully saturated rings. The largest absolute Gasteiger partial charge is 0.507 e. The van der Waals surface area contributed by atoms with E-state index >= 15 is 0 Å². The molecule has 47 heavy (non-hydrogen) atoms. The molecule has 2 aromatic rings. The lowest BCUT2D eigenvalue weighted by Crippen LogP contribution is -2.52. The Balaban J connectivity index is 2.01. The molecular formula is C34H47N5O8. The third-order valence-electron chi connectivity index (χ3n) is 8.25. The Morgan fingerprint density at radius 2 is 1.66 bits per heavy atom. The van der Waals surface area contributed by atoms with Gasteiger partial charge in [-0.1, -0.05) is 44.7 Å². The molecule has 8 N–H and O–H groups in total. The molecule has 2 aromatic carbocycles. The first-order valence-corrected chi connectivity index (χ1v) is 16.2. The average Bonchev–Trinajstić information content (AvgIpc) is 3.04. The molecule has 0 spiro atoms. The molecule has 4 amide bonds. The fraction of sp³-hybridized carbons (Fsp3) is 0.500. The van der Waals surface area contributed by atoms with Crippen LogP contribution >= 0.6 is 0 Å². The van der Waals surface area contributed by atoms with Crippen molar-refractivity contribution in [3.8, 4) is 22.6 Å². The number of carboxylic acid groups (broad SMARTS) is 1. The zero-order valence-corrected chi connectivity index (χ0v) is 27.1. The summed E-state index contributed by atoms with van der Waals surface area (Å²) in [5.74, 6) is -4.07. The normalized spacial score (nSPS) is 17.1. The van der Waals surface area contributed by atoms with Crippen LogP contribution in [-0.2, 0) is 30.4 Å². The second-order valence-corrected chi connectivity index (χ2v) is 11.9. The van der Waals surface area contributed by atoms with Crippen molar-refractivity contribution < 1.29 is 39.3 Å². The average molecular weight is 654 g/mol. The number of fused-ring (bicyclic) bond motifs is 5. The first kappa shape index (κ1) is 36.8. The highest BCUT2D eigenvalue weighted by molar-refractivity contribution is 5.95. The van der Waals surface area contributed by atoms with E-state index in [0.717, 1.165) is 25.7 Å². The Labute approximate surface area is 274 Å². The van der Waals surface area contributed by atoms with Crippen molar-refractivity contribution >= 4 is 29.6 Å². The zero-order chi connectivity index (χ0) is 34.5. The number of hydrogen-bond donors (Lipinski definition) is 7. The van der Waals surface area contributed by atoms with E-state index in [-0.39, 0.29) is 53.4 Å². The molecular weight excluding hydrogens is 606 g/mol. The standard InChI is InChI=1S/C34H47N5O8/c1-3-4-5-6-7-11-29(42)37-25(10-8-9-16-35)33(45)39(2)31-22-13-15-28(41)24(19-22)23-17-21(12-14-27(23)40)18-26(34(46)47)38-30(43)20-36-32(31)44/h12-15,17,19,25-26,31,40-41H,3-11,16,18,20,35H2,1-2H3,(H,36,44)(H,37,42)(H,38,43)(H,46,47). The summed E-state index contributed by atoms with van der Waals surface area (Å²) in [7, 11) is 1.41. The molecule has 4 bridgehead atoms. The van der Waals surface area contributed by atoms with Crippen molar-refractivity contribution in [2.75, 3.05) is 20.1 Å². The van der Waals surface area contributed by atoms with Gasteiger partial charge in [0.05, 0.1) is 6.54 Å². The van der Waals surface area contributed by atoms with Gasteiger partial charge >= 0.3 is 5.97 Å². The number of carbonyl (C=O) groups is 5. The molecule has 3 unspecified atom stereocenters. The van der Waals surface area contributed by atoms with E-state index < -0.39 is 48.4 Å². The molecule has 3 atom stereocenters. The lowest BCUT2D eigenvalue weighted by Gasteiger charge is -2.32. The molecule has 256 valence electrons. The third-order valence-corrected chi connectivity index (χ3v) is 8.25. The van der Waals surface area contributed by atoms with Crippen LogP contribution in [0.1, 0.15) is 81.9 Å². The van der Waals surface area contributed by atoms with Crippen molar-refractivity contribution in [3.05, 3.63) is 47.5 Å². The number of rotatable bonds is 14. The number of carboxylic acids is 1.